The first-order valence-corrected chi connectivity index (χ1v) is 15.1. The average Bonchev–Trinajstić information content (AvgIpc) is 3.34. The summed E-state index contributed by atoms with van der Waals surface area (Å²) in [6.45, 7) is 5.05. The second kappa shape index (κ2) is 11.2. The van der Waals surface area contributed by atoms with Gasteiger partial charge in [0.25, 0.3) is 5.91 Å². The fourth-order valence-corrected chi connectivity index (χ4v) is 5.76. The number of aromatic nitrogens is 2. The molecular weight excluding hydrogens is 486 g/mol. The van der Waals surface area contributed by atoms with Crippen molar-refractivity contribution < 1.29 is 13.2 Å². The fourth-order valence-electron chi connectivity index (χ4n) is 5.27. The number of imidazole rings is 1. The van der Waals surface area contributed by atoms with Crippen LogP contribution in [0.25, 0.3) is 5.57 Å². The molecule has 0 aliphatic heterocycles. The minimum Gasteiger partial charge on any atom is -0.326 e. The van der Waals surface area contributed by atoms with Crippen LogP contribution in [-0.4, -0.2) is 48.9 Å². The van der Waals surface area contributed by atoms with Gasteiger partial charge in [0.2, 0.25) is 0 Å². The number of carbonyl (C=O) groups is 1. The van der Waals surface area contributed by atoms with Gasteiger partial charge in [0.1, 0.15) is 21.6 Å². The Morgan fingerprint density at radius 3 is 2.62 bits per heavy atom. The van der Waals surface area contributed by atoms with Crippen LogP contribution >= 0.6 is 0 Å². The molecule has 198 valence electrons. The zero-order valence-electron chi connectivity index (χ0n) is 21.9. The van der Waals surface area contributed by atoms with E-state index in [4.69, 9.17) is 5.26 Å². The Labute approximate surface area is 219 Å². The first-order valence-electron chi connectivity index (χ1n) is 13.0. The predicted molar refractivity (Wildman–Crippen MR) is 146 cm³/mol. The Bertz CT molecular complexity index is 1310. The summed E-state index contributed by atoms with van der Waals surface area (Å²) in [5.41, 5.74) is 4.79. The molecule has 0 radical (unpaired) electrons. The lowest BCUT2D eigenvalue weighted by Crippen LogP contribution is -2.35. The van der Waals surface area contributed by atoms with Gasteiger partial charge >= 0.3 is 0 Å². The Balaban J connectivity index is 1.51. The van der Waals surface area contributed by atoms with Crippen LogP contribution in [0.4, 0.5) is 5.69 Å². The molecule has 2 aliphatic rings. The normalized spacial score (nSPS) is 21.6. The number of H-pyrrole nitrogens is 1. The molecule has 9 heteroatoms. The second-order valence-corrected chi connectivity index (χ2v) is 13.5. The van der Waals surface area contributed by atoms with Gasteiger partial charge in [-0.05, 0) is 73.5 Å². The first kappa shape index (κ1) is 27.1. The minimum atomic E-state index is -2.96. The number of aromatic amines is 1. The maximum atomic E-state index is 13.0. The van der Waals surface area contributed by atoms with Gasteiger partial charge < -0.3 is 15.6 Å². The van der Waals surface area contributed by atoms with Crippen molar-refractivity contribution in [1.29, 1.82) is 5.26 Å². The lowest BCUT2D eigenvalue weighted by molar-refractivity contribution is 0.101. The number of nitrogens with one attached hydrogen (secondary N) is 3. The van der Waals surface area contributed by atoms with E-state index in [9.17, 15) is 13.2 Å². The van der Waals surface area contributed by atoms with Crippen molar-refractivity contribution in [3.05, 3.63) is 53.1 Å². The summed E-state index contributed by atoms with van der Waals surface area (Å²) in [6, 6.07) is 8.73. The van der Waals surface area contributed by atoms with Gasteiger partial charge in [0, 0.05) is 30.1 Å². The van der Waals surface area contributed by atoms with E-state index < -0.39 is 9.84 Å². The molecule has 0 saturated heterocycles. The standard InChI is InChI=1S/C28H37N5O3S/c1-28(2)12-10-20(11-13-28)24-9-6-21(16-25(24)33-27(34)26-31-18-23(17-29)32-26)19-4-7-22(8-5-19)30-14-15-37(3,35)36/h6,9-10,16,18-19,22,30H,4-5,7-8,11-15H2,1-3H3,(H,31,32)(H,33,34). The van der Waals surface area contributed by atoms with Gasteiger partial charge in [-0.2, -0.15) is 5.26 Å². The summed E-state index contributed by atoms with van der Waals surface area (Å²) < 4.78 is 22.8. The van der Waals surface area contributed by atoms with E-state index in [2.05, 4.69) is 58.7 Å². The topological polar surface area (TPSA) is 128 Å². The summed E-state index contributed by atoms with van der Waals surface area (Å²) in [6.07, 6.45) is 12.0. The number of amides is 1. The van der Waals surface area contributed by atoms with Crippen molar-refractivity contribution in [2.24, 2.45) is 5.41 Å². The Morgan fingerprint density at radius 2 is 2.00 bits per heavy atom. The van der Waals surface area contributed by atoms with E-state index in [1.165, 1.54) is 23.6 Å². The molecule has 1 aromatic carbocycles. The molecule has 1 heterocycles. The molecule has 1 saturated carbocycles. The lowest BCUT2D eigenvalue weighted by atomic mass is 9.76. The number of hydrogen-bond donors (Lipinski definition) is 3. The quantitative estimate of drug-likeness (QED) is 0.457. The third-order valence-electron chi connectivity index (χ3n) is 7.63. The van der Waals surface area contributed by atoms with Crippen LogP contribution in [-0.2, 0) is 9.84 Å². The number of benzene rings is 1. The van der Waals surface area contributed by atoms with Crippen LogP contribution in [0.3, 0.4) is 0 Å². The molecule has 0 atom stereocenters. The number of anilines is 1. The van der Waals surface area contributed by atoms with Crippen molar-refractivity contribution in [1.82, 2.24) is 15.3 Å². The molecule has 2 aromatic rings. The summed E-state index contributed by atoms with van der Waals surface area (Å²) in [5.74, 6) is 0.296. The van der Waals surface area contributed by atoms with Gasteiger partial charge in [-0.1, -0.05) is 32.1 Å². The summed E-state index contributed by atoms with van der Waals surface area (Å²) in [5, 5.41) is 15.5. The number of nitrogens with zero attached hydrogens (tertiary/aromatic N) is 2. The van der Waals surface area contributed by atoms with Gasteiger partial charge in [-0.25, -0.2) is 13.4 Å². The number of hydrogen-bond acceptors (Lipinski definition) is 6. The smallest absolute Gasteiger partial charge is 0.291 e. The van der Waals surface area contributed by atoms with E-state index in [1.807, 2.05) is 6.07 Å². The molecule has 3 N–H and O–H groups in total. The molecule has 37 heavy (non-hydrogen) atoms. The number of nitriles is 1. The number of allylic oxidation sites excluding steroid dienone is 2. The van der Waals surface area contributed by atoms with Crippen LogP contribution in [0.5, 0.6) is 0 Å². The Hall–Kier alpha value is -2.96. The second-order valence-electron chi connectivity index (χ2n) is 11.2. The largest absolute Gasteiger partial charge is 0.326 e. The van der Waals surface area contributed by atoms with Crippen LogP contribution in [0.1, 0.15) is 92.2 Å². The van der Waals surface area contributed by atoms with Gasteiger partial charge in [0.05, 0.1) is 11.9 Å². The zero-order chi connectivity index (χ0) is 26.6. The fraction of sp³-hybridized carbons (Fsp3) is 0.536. The first-order chi connectivity index (χ1) is 17.5. The SMILES string of the molecule is CC1(C)CC=C(c2ccc(C3CCC(NCCS(C)(=O)=O)CC3)cc2NC(=O)c2ncc(C#N)[nH]2)CC1. The third-order valence-corrected chi connectivity index (χ3v) is 8.57. The Kier molecular flexibility index (Phi) is 8.20. The molecule has 1 aromatic heterocycles. The maximum Gasteiger partial charge on any atom is 0.291 e. The highest BCUT2D eigenvalue weighted by molar-refractivity contribution is 7.90. The zero-order valence-corrected chi connectivity index (χ0v) is 22.7. The molecule has 1 fully saturated rings. The summed E-state index contributed by atoms with van der Waals surface area (Å²) in [7, 11) is -2.96. The maximum absolute atomic E-state index is 13.0. The average molecular weight is 524 g/mol. The number of carbonyl (C=O) groups excluding carboxylic acids is 1. The van der Waals surface area contributed by atoms with E-state index in [1.54, 1.807) is 0 Å². The monoisotopic (exact) mass is 523 g/mol. The number of rotatable bonds is 8. The van der Waals surface area contributed by atoms with Gasteiger partial charge in [0.15, 0.2) is 5.82 Å². The Morgan fingerprint density at radius 1 is 1.24 bits per heavy atom. The molecule has 0 bridgehead atoms. The molecule has 0 spiro atoms. The summed E-state index contributed by atoms with van der Waals surface area (Å²) in [4.78, 5) is 19.8. The highest BCUT2D eigenvalue weighted by Crippen LogP contribution is 2.41. The number of sulfone groups is 1. The molecule has 2 aliphatic carbocycles. The van der Waals surface area contributed by atoms with E-state index in [0.29, 0.717) is 18.5 Å². The predicted octanol–water partition coefficient (Wildman–Crippen LogP) is 4.79. The van der Waals surface area contributed by atoms with Crippen LogP contribution in [0.2, 0.25) is 0 Å². The van der Waals surface area contributed by atoms with Crippen molar-refractivity contribution in [3.8, 4) is 6.07 Å². The minimum absolute atomic E-state index is 0.118. The van der Waals surface area contributed by atoms with Crippen molar-refractivity contribution >= 4 is 27.0 Å². The van der Waals surface area contributed by atoms with Crippen LogP contribution in [0, 0.1) is 16.7 Å². The van der Waals surface area contributed by atoms with Crippen molar-refractivity contribution in [2.45, 2.75) is 70.8 Å². The molecule has 8 nitrogen and oxygen atoms in total. The van der Waals surface area contributed by atoms with Crippen LogP contribution < -0.4 is 10.6 Å². The molecule has 4 rings (SSSR count). The lowest BCUT2D eigenvalue weighted by Gasteiger charge is -2.31. The van der Waals surface area contributed by atoms with Gasteiger partial charge in [-0.15, -0.1) is 0 Å². The van der Waals surface area contributed by atoms with Gasteiger partial charge in [-0.3, -0.25) is 4.79 Å². The van der Waals surface area contributed by atoms with Crippen molar-refractivity contribution in [2.75, 3.05) is 23.9 Å². The van der Waals surface area contributed by atoms with E-state index in [0.717, 1.165) is 56.2 Å². The van der Waals surface area contributed by atoms with E-state index >= 15 is 0 Å². The molecule has 0 unspecified atom stereocenters. The van der Waals surface area contributed by atoms with Crippen LogP contribution in [0.15, 0.2) is 30.5 Å². The highest BCUT2D eigenvalue weighted by Gasteiger charge is 2.26. The highest BCUT2D eigenvalue weighted by atomic mass is 32.2. The summed E-state index contributed by atoms with van der Waals surface area (Å²) >= 11 is 0. The van der Waals surface area contributed by atoms with E-state index in [-0.39, 0.29) is 28.6 Å². The molecular formula is C28H37N5O3S. The molecule has 1 amide bonds. The third kappa shape index (κ3) is 7.30. The van der Waals surface area contributed by atoms with Crippen molar-refractivity contribution in [3.63, 3.8) is 0 Å².